The summed E-state index contributed by atoms with van der Waals surface area (Å²) in [7, 11) is 0. The van der Waals surface area contributed by atoms with Crippen LogP contribution in [0.4, 0.5) is 11.4 Å². The van der Waals surface area contributed by atoms with Crippen LogP contribution < -0.4 is 5.32 Å². The third-order valence-corrected chi connectivity index (χ3v) is 5.22. The molecule has 0 saturated carbocycles. The molecule has 0 atom stereocenters. The van der Waals surface area contributed by atoms with E-state index in [9.17, 15) is 0 Å². The molecule has 5 heterocycles. The number of benzene rings is 1. The summed E-state index contributed by atoms with van der Waals surface area (Å²) in [4.78, 5) is 16.4. The molecule has 0 radical (unpaired) electrons. The van der Waals surface area contributed by atoms with Crippen molar-refractivity contribution in [2.45, 2.75) is 0 Å². The summed E-state index contributed by atoms with van der Waals surface area (Å²) in [6.45, 7) is 0. The molecule has 4 aromatic rings. The van der Waals surface area contributed by atoms with Crippen LogP contribution in [0.3, 0.4) is 0 Å². The minimum absolute atomic E-state index is 0.898. The summed E-state index contributed by atoms with van der Waals surface area (Å²) >= 11 is 0. The van der Waals surface area contributed by atoms with Gasteiger partial charge >= 0.3 is 0 Å². The summed E-state index contributed by atoms with van der Waals surface area (Å²) in [6, 6.07) is 24.5. The molecule has 8 bridgehead atoms. The average Bonchev–Trinajstić information content (AvgIpc) is 3.55. The van der Waals surface area contributed by atoms with Crippen molar-refractivity contribution in [1.29, 1.82) is 0 Å². The first-order chi connectivity index (χ1) is 15.3. The van der Waals surface area contributed by atoms with Gasteiger partial charge in [0.25, 0.3) is 0 Å². The van der Waals surface area contributed by atoms with Gasteiger partial charge in [0.05, 0.1) is 34.0 Å². The van der Waals surface area contributed by atoms with Crippen molar-refractivity contribution in [3.8, 4) is 0 Å². The number of fused-ring (bicyclic) bond motifs is 8. The van der Waals surface area contributed by atoms with E-state index in [2.05, 4.69) is 57.7 Å². The predicted octanol–water partition coefficient (Wildman–Crippen LogP) is 6.40. The lowest BCUT2D eigenvalue weighted by Gasteiger charge is -2.03. The highest BCUT2D eigenvalue weighted by Gasteiger charge is 2.05. The van der Waals surface area contributed by atoms with Gasteiger partial charge in [0.15, 0.2) is 0 Å². The van der Waals surface area contributed by atoms with E-state index in [0.29, 0.717) is 0 Å². The minimum Gasteiger partial charge on any atom is -0.355 e. The molecule has 148 valence electrons. The Morgan fingerprint density at radius 3 is 1.77 bits per heavy atom. The van der Waals surface area contributed by atoms with Crippen molar-refractivity contribution >= 4 is 57.7 Å². The number of nitrogens with one attached hydrogen (secondary N) is 3. The molecule has 5 heteroatoms. The van der Waals surface area contributed by atoms with Crippen LogP contribution in [-0.4, -0.2) is 19.9 Å². The molecule has 3 N–H and O–H groups in total. The lowest BCUT2D eigenvalue weighted by Crippen LogP contribution is -1.87. The van der Waals surface area contributed by atoms with E-state index in [1.807, 2.05) is 54.6 Å². The molecular formula is C26H19N5. The monoisotopic (exact) mass is 401 g/mol. The van der Waals surface area contributed by atoms with E-state index in [1.54, 1.807) is 0 Å². The molecule has 0 unspecified atom stereocenters. The van der Waals surface area contributed by atoms with E-state index in [-0.39, 0.29) is 0 Å². The van der Waals surface area contributed by atoms with Crippen LogP contribution in [0.15, 0.2) is 72.8 Å². The maximum Gasteiger partial charge on any atom is 0.0659 e. The highest BCUT2D eigenvalue weighted by molar-refractivity contribution is 5.85. The van der Waals surface area contributed by atoms with Crippen LogP contribution >= 0.6 is 0 Å². The SMILES string of the molecule is C1=Cc2cc3cc(Nc4ccccc4)c(cc4nc(cc5ccc(cc1n2)[nH]5)C=C4)[nH]3. The molecule has 2 aliphatic heterocycles. The van der Waals surface area contributed by atoms with Gasteiger partial charge in [-0.3, -0.25) is 0 Å². The normalized spacial score (nSPS) is 12.3. The van der Waals surface area contributed by atoms with Crippen LogP contribution in [0.25, 0.3) is 46.4 Å². The lowest BCUT2D eigenvalue weighted by atomic mass is 10.3. The molecule has 5 nitrogen and oxygen atoms in total. The average molecular weight is 401 g/mol. The van der Waals surface area contributed by atoms with Crippen molar-refractivity contribution < 1.29 is 0 Å². The smallest absolute Gasteiger partial charge is 0.0659 e. The number of aromatic amines is 2. The Morgan fingerprint density at radius 1 is 0.548 bits per heavy atom. The number of hydrogen-bond acceptors (Lipinski definition) is 3. The van der Waals surface area contributed by atoms with Crippen LogP contribution in [0.2, 0.25) is 0 Å². The Labute approximate surface area is 178 Å². The maximum absolute atomic E-state index is 4.75. The summed E-state index contributed by atoms with van der Waals surface area (Å²) < 4.78 is 0. The van der Waals surface area contributed by atoms with Crippen LogP contribution in [-0.2, 0) is 0 Å². The van der Waals surface area contributed by atoms with Crippen molar-refractivity contribution in [1.82, 2.24) is 19.9 Å². The topological polar surface area (TPSA) is 69.4 Å². The molecule has 3 aromatic heterocycles. The Kier molecular flexibility index (Phi) is 4.03. The van der Waals surface area contributed by atoms with Gasteiger partial charge in [0.1, 0.15) is 0 Å². The Hall–Kier alpha value is -4.38. The first-order valence-electron chi connectivity index (χ1n) is 10.2. The quantitative estimate of drug-likeness (QED) is 0.314. The summed E-state index contributed by atoms with van der Waals surface area (Å²) in [5.41, 5.74) is 9.62. The number of para-hydroxylation sites is 1. The van der Waals surface area contributed by atoms with Gasteiger partial charge in [-0.05, 0) is 78.9 Å². The first-order valence-corrected chi connectivity index (χ1v) is 10.2. The third-order valence-electron chi connectivity index (χ3n) is 5.22. The highest BCUT2D eigenvalue weighted by atomic mass is 14.9. The second-order valence-corrected chi connectivity index (χ2v) is 7.58. The van der Waals surface area contributed by atoms with E-state index in [1.165, 1.54) is 0 Å². The van der Waals surface area contributed by atoms with Gasteiger partial charge in [-0.1, -0.05) is 18.2 Å². The first kappa shape index (κ1) is 17.5. The number of hydrogen-bond donors (Lipinski definition) is 3. The Bertz CT molecular complexity index is 1500. The standard InChI is InChI=1S/C26H19N5/c1-2-4-17(5-3-1)30-26-16-24-14-22-9-8-20(28-22)12-18-6-7-19(27-18)13-21-10-11-23(29-21)15-25(26)31-24/h1-16,27,30-31H. The van der Waals surface area contributed by atoms with E-state index in [4.69, 9.17) is 9.97 Å². The summed E-state index contributed by atoms with van der Waals surface area (Å²) in [5.74, 6) is 0. The predicted molar refractivity (Wildman–Crippen MR) is 129 cm³/mol. The molecule has 0 amide bonds. The fourth-order valence-electron chi connectivity index (χ4n) is 3.80. The van der Waals surface area contributed by atoms with Crippen molar-refractivity contribution in [3.05, 3.63) is 95.6 Å². The Morgan fingerprint density at radius 2 is 1.13 bits per heavy atom. The minimum atomic E-state index is 0.898. The number of rotatable bonds is 2. The summed E-state index contributed by atoms with van der Waals surface area (Å²) in [6.07, 6.45) is 8.11. The van der Waals surface area contributed by atoms with Crippen molar-refractivity contribution in [2.75, 3.05) is 5.32 Å². The van der Waals surface area contributed by atoms with Crippen LogP contribution in [0.1, 0.15) is 22.8 Å². The van der Waals surface area contributed by atoms with Gasteiger partial charge < -0.3 is 15.3 Å². The van der Waals surface area contributed by atoms with Crippen molar-refractivity contribution in [3.63, 3.8) is 0 Å². The zero-order valence-corrected chi connectivity index (χ0v) is 16.6. The van der Waals surface area contributed by atoms with E-state index < -0.39 is 0 Å². The molecule has 0 spiro atoms. The fraction of sp³-hybridized carbons (Fsp3) is 0. The zero-order valence-electron chi connectivity index (χ0n) is 16.6. The van der Waals surface area contributed by atoms with Crippen molar-refractivity contribution in [2.24, 2.45) is 0 Å². The van der Waals surface area contributed by atoms with Gasteiger partial charge in [-0.25, -0.2) is 9.97 Å². The molecule has 0 saturated heterocycles. The molecule has 6 rings (SSSR count). The Balaban J connectivity index is 1.60. The third kappa shape index (κ3) is 3.65. The van der Waals surface area contributed by atoms with Gasteiger partial charge in [-0.15, -0.1) is 0 Å². The molecule has 1 aromatic carbocycles. The second-order valence-electron chi connectivity index (χ2n) is 7.58. The van der Waals surface area contributed by atoms with E-state index in [0.717, 1.165) is 56.2 Å². The second kappa shape index (κ2) is 7.15. The fourth-order valence-corrected chi connectivity index (χ4v) is 3.80. The maximum atomic E-state index is 4.75. The van der Waals surface area contributed by atoms with E-state index >= 15 is 0 Å². The molecule has 0 fully saturated rings. The molecule has 0 aliphatic carbocycles. The van der Waals surface area contributed by atoms with Gasteiger partial charge in [-0.2, -0.15) is 0 Å². The molecular weight excluding hydrogens is 382 g/mol. The zero-order chi connectivity index (χ0) is 20.6. The highest BCUT2D eigenvalue weighted by Crippen LogP contribution is 2.25. The number of anilines is 2. The number of aromatic nitrogens is 4. The van der Waals surface area contributed by atoms with Crippen LogP contribution in [0, 0.1) is 0 Å². The number of H-pyrrole nitrogens is 2. The lowest BCUT2D eigenvalue weighted by molar-refractivity contribution is 1.31. The number of nitrogens with zero attached hydrogens (tertiary/aromatic N) is 2. The van der Waals surface area contributed by atoms with Gasteiger partial charge in [0.2, 0.25) is 0 Å². The van der Waals surface area contributed by atoms with Crippen LogP contribution in [0.5, 0.6) is 0 Å². The summed E-state index contributed by atoms with van der Waals surface area (Å²) in [5, 5.41) is 3.51. The molecule has 31 heavy (non-hydrogen) atoms. The molecule has 2 aliphatic rings. The largest absolute Gasteiger partial charge is 0.355 e. The van der Waals surface area contributed by atoms with Gasteiger partial charge in [0, 0.05) is 22.2 Å².